The number of aromatic nitrogens is 1. The van der Waals surface area contributed by atoms with Crippen LogP contribution in [0.15, 0.2) is 18.2 Å². The molecule has 1 amide bonds. The molecular formula is C24H32F3N3O3S. The van der Waals surface area contributed by atoms with E-state index in [1.807, 2.05) is 27.7 Å². The van der Waals surface area contributed by atoms with Gasteiger partial charge in [0.1, 0.15) is 22.1 Å². The Bertz CT molecular complexity index is 1190. The van der Waals surface area contributed by atoms with Gasteiger partial charge < -0.3 is 10.6 Å². The molecule has 2 N–H and O–H groups in total. The number of aryl methyl sites for hydroxylation is 1. The van der Waals surface area contributed by atoms with E-state index in [4.69, 9.17) is 0 Å². The maximum Gasteiger partial charge on any atom is 0.405 e. The summed E-state index contributed by atoms with van der Waals surface area (Å²) in [7, 11) is -3.00. The highest BCUT2D eigenvalue weighted by molar-refractivity contribution is 7.91. The Labute approximate surface area is 198 Å². The molecule has 6 nitrogen and oxygen atoms in total. The SMILES string of the molecule is Cc1cc(C(=O)NCC2(C)CCS(=O)(=O)CC2)nc2c(C(C)(C)C)cc(NCC(F)(F)F)cc12. The van der Waals surface area contributed by atoms with E-state index < -0.39 is 28.0 Å². The fourth-order valence-corrected chi connectivity index (χ4v) is 5.89. The summed E-state index contributed by atoms with van der Waals surface area (Å²) in [5, 5.41) is 6.03. The predicted molar refractivity (Wildman–Crippen MR) is 128 cm³/mol. The minimum absolute atomic E-state index is 0.117. The summed E-state index contributed by atoms with van der Waals surface area (Å²) in [6, 6.07) is 4.92. The van der Waals surface area contributed by atoms with E-state index in [0.717, 1.165) is 11.1 Å². The fraction of sp³-hybridized carbons (Fsp3) is 0.583. The van der Waals surface area contributed by atoms with Crippen molar-refractivity contribution in [2.24, 2.45) is 5.41 Å². The first-order valence-electron chi connectivity index (χ1n) is 11.2. The number of carbonyl (C=O) groups is 1. The molecule has 0 aliphatic carbocycles. The smallest absolute Gasteiger partial charge is 0.376 e. The number of anilines is 1. The second-order valence-corrected chi connectivity index (χ2v) is 12.9. The van der Waals surface area contributed by atoms with Crippen molar-refractivity contribution in [1.29, 1.82) is 0 Å². The van der Waals surface area contributed by atoms with Gasteiger partial charge in [0.2, 0.25) is 0 Å². The number of nitrogens with zero attached hydrogens (tertiary/aromatic N) is 1. The van der Waals surface area contributed by atoms with Crippen LogP contribution in [0, 0.1) is 12.3 Å². The molecule has 0 saturated carbocycles. The van der Waals surface area contributed by atoms with Crippen LogP contribution in [0.2, 0.25) is 0 Å². The maximum atomic E-state index is 13.0. The standard InChI is InChI=1S/C24H32F3N3O3S/c1-15-10-19(21(31)29-13-23(5)6-8-34(32,33)9-7-23)30-20-17(15)11-16(28-14-24(25,26)27)12-18(20)22(2,3)4/h10-12,28H,6-9,13-14H2,1-5H3,(H,29,31). The van der Waals surface area contributed by atoms with Crippen LogP contribution in [0.4, 0.5) is 18.9 Å². The lowest BCUT2D eigenvalue weighted by Crippen LogP contribution is -2.41. The first-order chi connectivity index (χ1) is 15.5. The van der Waals surface area contributed by atoms with Gasteiger partial charge in [0.25, 0.3) is 5.91 Å². The van der Waals surface area contributed by atoms with Gasteiger partial charge in [0.15, 0.2) is 0 Å². The maximum absolute atomic E-state index is 13.0. The van der Waals surface area contributed by atoms with Gasteiger partial charge in [-0.3, -0.25) is 4.79 Å². The third kappa shape index (κ3) is 6.40. The average Bonchev–Trinajstić information content (AvgIpc) is 2.71. The van der Waals surface area contributed by atoms with Crippen molar-refractivity contribution < 1.29 is 26.4 Å². The predicted octanol–water partition coefficient (Wildman–Crippen LogP) is 4.76. The topological polar surface area (TPSA) is 88.2 Å². The Morgan fingerprint density at radius 3 is 2.29 bits per heavy atom. The van der Waals surface area contributed by atoms with Gasteiger partial charge in [0.05, 0.1) is 17.0 Å². The molecule has 1 aromatic carbocycles. The summed E-state index contributed by atoms with van der Waals surface area (Å²) in [5.41, 5.74) is 1.87. The van der Waals surface area contributed by atoms with Crippen LogP contribution in [-0.4, -0.2) is 50.1 Å². The molecule has 10 heteroatoms. The van der Waals surface area contributed by atoms with Gasteiger partial charge in [-0.2, -0.15) is 13.2 Å². The first-order valence-corrected chi connectivity index (χ1v) is 13.1. The van der Waals surface area contributed by atoms with E-state index >= 15 is 0 Å². The van der Waals surface area contributed by atoms with Crippen molar-refractivity contribution in [2.75, 3.05) is 29.9 Å². The molecule has 34 heavy (non-hydrogen) atoms. The molecule has 188 valence electrons. The largest absolute Gasteiger partial charge is 0.405 e. The third-order valence-corrected chi connectivity index (χ3v) is 8.02. The normalized spacial score (nSPS) is 18.0. The number of alkyl halides is 3. The van der Waals surface area contributed by atoms with Crippen LogP contribution in [0.5, 0.6) is 0 Å². The Kier molecular flexibility index (Phi) is 6.96. The lowest BCUT2D eigenvalue weighted by atomic mass is 9.84. The minimum Gasteiger partial charge on any atom is -0.376 e. The number of carbonyl (C=O) groups excluding carboxylic acids is 1. The molecule has 0 atom stereocenters. The first kappa shape index (κ1) is 26.2. The van der Waals surface area contributed by atoms with E-state index in [9.17, 15) is 26.4 Å². The molecule has 0 radical (unpaired) electrons. The van der Waals surface area contributed by atoms with Gasteiger partial charge in [0, 0.05) is 17.6 Å². The Morgan fingerprint density at radius 2 is 1.74 bits per heavy atom. The number of halogens is 3. The number of benzene rings is 1. The molecule has 0 spiro atoms. The van der Waals surface area contributed by atoms with Crippen LogP contribution in [0.25, 0.3) is 10.9 Å². The van der Waals surface area contributed by atoms with Crippen molar-refractivity contribution in [1.82, 2.24) is 10.3 Å². The molecule has 2 aromatic rings. The lowest BCUT2D eigenvalue weighted by molar-refractivity contribution is -0.115. The van der Waals surface area contributed by atoms with Crippen LogP contribution in [0.1, 0.15) is 62.2 Å². The second-order valence-electron chi connectivity index (χ2n) is 10.6. The van der Waals surface area contributed by atoms with Crippen molar-refractivity contribution >= 4 is 32.3 Å². The number of sulfone groups is 1. The van der Waals surface area contributed by atoms with Gasteiger partial charge in [-0.05, 0) is 59.9 Å². The Balaban J connectivity index is 1.90. The third-order valence-electron chi connectivity index (χ3n) is 6.36. The summed E-state index contributed by atoms with van der Waals surface area (Å²) in [4.78, 5) is 17.6. The number of hydrogen-bond donors (Lipinski definition) is 2. The van der Waals surface area contributed by atoms with Gasteiger partial charge in [-0.15, -0.1) is 0 Å². The number of rotatable bonds is 5. The average molecular weight is 500 g/mol. The van der Waals surface area contributed by atoms with E-state index in [0.29, 0.717) is 36.0 Å². The fourth-order valence-electron chi connectivity index (χ4n) is 4.08. The summed E-state index contributed by atoms with van der Waals surface area (Å²) in [5.74, 6) is -0.127. The zero-order valence-electron chi connectivity index (χ0n) is 20.2. The molecule has 1 aliphatic heterocycles. The zero-order chi connectivity index (χ0) is 25.5. The number of nitrogens with one attached hydrogen (secondary N) is 2. The van der Waals surface area contributed by atoms with Gasteiger partial charge in [-0.25, -0.2) is 13.4 Å². The van der Waals surface area contributed by atoms with Crippen molar-refractivity contribution in [2.45, 2.75) is 59.1 Å². The van der Waals surface area contributed by atoms with Gasteiger partial charge in [-0.1, -0.05) is 27.7 Å². The van der Waals surface area contributed by atoms with Crippen LogP contribution < -0.4 is 10.6 Å². The zero-order valence-corrected chi connectivity index (χ0v) is 21.0. The monoisotopic (exact) mass is 499 g/mol. The molecule has 1 fully saturated rings. The van der Waals surface area contributed by atoms with Crippen LogP contribution in [0.3, 0.4) is 0 Å². The van der Waals surface area contributed by atoms with Crippen molar-refractivity contribution in [3.8, 4) is 0 Å². The summed E-state index contributed by atoms with van der Waals surface area (Å²) in [6.07, 6.45) is -3.37. The summed E-state index contributed by atoms with van der Waals surface area (Å²) < 4.78 is 61.7. The Morgan fingerprint density at radius 1 is 1.12 bits per heavy atom. The number of fused-ring (bicyclic) bond motifs is 1. The molecule has 1 saturated heterocycles. The Hall–Kier alpha value is -2.36. The highest BCUT2D eigenvalue weighted by atomic mass is 32.2. The molecule has 1 aliphatic rings. The molecule has 1 aromatic heterocycles. The second kappa shape index (κ2) is 9.02. The number of pyridine rings is 1. The molecule has 3 rings (SSSR count). The highest BCUT2D eigenvalue weighted by Crippen LogP contribution is 2.35. The molecule has 0 bridgehead atoms. The lowest BCUT2D eigenvalue weighted by Gasteiger charge is -2.33. The van der Waals surface area contributed by atoms with E-state index in [1.54, 1.807) is 25.1 Å². The summed E-state index contributed by atoms with van der Waals surface area (Å²) in [6.45, 7) is 8.79. The van der Waals surface area contributed by atoms with E-state index in [2.05, 4.69) is 15.6 Å². The number of hydrogen-bond acceptors (Lipinski definition) is 5. The van der Waals surface area contributed by atoms with E-state index in [-0.39, 0.29) is 28.5 Å². The van der Waals surface area contributed by atoms with Crippen LogP contribution >= 0.6 is 0 Å². The van der Waals surface area contributed by atoms with Crippen LogP contribution in [-0.2, 0) is 15.3 Å². The number of amides is 1. The summed E-state index contributed by atoms with van der Waals surface area (Å²) >= 11 is 0. The highest BCUT2D eigenvalue weighted by Gasteiger charge is 2.34. The van der Waals surface area contributed by atoms with Gasteiger partial charge >= 0.3 is 6.18 Å². The molecule has 2 heterocycles. The van der Waals surface area contributed by atoms with Crippen molar-refractivity contribution in [3.05, 3.63) is 35.0 Å². The molecule has 0 unspecified atom stereocenters. The van der Waals surface area contributed by atoms with Crippen molar-refractivity contribution in [3.63, 3.8) is 0 Å². The molecular weight excluding hydrogens is 467 g/mol. The quantitative estimate of drug-likeness (QED) is 0.619. The minimum atomic E-state index is -4.34. The van der Waals surface area contributed by atoms with E-state index in [1.165, 1.54) is 0 Å².